The zero-order valence-electron chi connectivity index (χ0n) is 10.3. The summed E-state index contributed by atoms with van der Waals surface area (Å²) >= 11 is 3.56. The van der Waals surface area contributed by atoms with Crippen molar-refractivity contribution in [2.24, 2.45) is 5.73 Å². The molecule has 2 aromatic heterocycles. The summed E-state index contributed by atoms with van der Waals surface area (Å²) in [6, 6.07) is 12.1. The predicted molar refractivity (Wildman–Crippen MR) is 77.8 cm³/mol. The van der Waals surface area contributed by atoms with E-state index in [4.69, 9.17) is 5.73 Å². The van der Waals surface area contributed by atoms with Gasteiger partial charge in [0.15, 0.2) is 5.65 Å². The molecule has 1 aromatic carbocycles. The average molecular weight is 317 g/mol. The first-order valence-corrected chi connectivity index (χ1v) is 6.83. The Balaban J connectivity index is 2.03. The van der Waals surface area contributed by atoms with E-state index >= 15 is 0 Å². The van der Waals surface area contributed by atoms with Gasteiger partial charge in [-0.05, 0) is 23.3 Å². The molecule has 0 bridgehead atoms. The third-order valence-corrected chi connectivity index (χ3v) is 3.85. The van der Waals surface area contributed by atoms with Crippen molar-refractivity contribution in [2.45, 2.75) is 13.0 Å². The molecule has 0 spiro atoms. The van der Waals surface area contributed by atoms with Crippen molar-refractivity contribution >= 4 is 21.6 Å². The van der Waals surface area contributed by atoms with E-state index in [0.717, 1.165) is 27.9 Å². The number of hydrogen-bond acceptors (Lipinski definition) is 3. The summed E-state index contributed by atoms with van der Waals surface area (Å²) in [5.41, 5.74) is 8.78. The lowest BCUT2D eigenvalue weighted by atomic mass is 10.1. The Kier molecular flexibility index (Phi) is 3.31. The fraction of sp³-hybridized carbons (Fsp3) is 0.143. The number of pyridine rings is 1. The van der Waals surface area contributed by atoms with E-state index in [2.05, 4.69) is 32.2 Å². The number of halogens is 1. The van der Waals surface area contributed by atoms with Crippen molar-refractivity contribution in [3.05, 3.63) is 64.0 Å². The third-order valence-electron chi connectivity index (χ3n) is 3.08. The monoisotopic (exact) mass is 316 g/mol. The highest BCUT2D eigenvalue weighted by Crippen LogP contribution is 2.19. The fourth-order valence-electron chi connectivity index (χ4n) is 2.04. The molecule has 0 saturated heterocycles. The second-order valence-electron chi connectivity index (χ2n) is 4.35. The van der Waals surface area contributed by atoms with Crippen LogP contribution in [0.15, 0.2) is 47.1 Å². The first kappa shape index (κ1) is 12.3. The quantitative estimate of drug-likeness (QED) is 0.808. The SMILES string of the molecule is NCc1ccc2nnc(Cc3ccccc3Br)n2c1. The molecule has 0 aliphatic rings. The normalized spacial score (nSPS) is 11.1. The summed E-state index contributed by atoms with van der Waals surface area (Å²) in [6.45, 7) is 0.516. The molecular formula is C14H13BrN4. The zero-order chi connectivity index (χ0) is 13.2. The molecular weight excluding hydrogens is 304 g/mol. The second kappa shape index (κ2) is 5.11. The molecule has 4 nitrogen and oxygen atoms in total. The van der Waals surface area contributed by atoms with Gasteiger partial charge in [-0.2, -0.15) is 0 Å². The highest BCUT2D eigenvalue weighted by Gasteiger charge is 2.08. The maximum absolute atomic E-state index is 5.67. The molecule has 0 saturated carbocycles. The van der Waals surface area contributed by atoms with E-state index in [1.165, 1.54) is 5.56 Å². The Morgan fingerprint density at radius 2 is 1.95 bits per heavy atom. The topological polar surface area (TPSA) is 56.2 Å². The smallest absolute Gasteiger partial charge is 0.160 e. The van der Waals surface area contributed by atoms with Crippen LogP contribution in [0.25, 0.3) is 5.65 Å². The summed E-state index contributed by atoms with van der Waals surface area (Å²) in [7, 11) is 0. The molecule has 19 heavy (non-hydrogen) atoms. The van der Waals surface area contributed by atoms with Crippen LogP contribution in [0.5, 0.6) is 0 Å². The second-order valence-corrected chi connectivity index (χ2v) is 5.21. The fourth-order valence-corrected chi connectivity index (χ4v) is 2.46. The maximum atomic E-state index is 5.67. The molecule has 0 radical (unpaired) electrons. The van der Waals surface area contributed by atoms with Crippen molar-refractivity contribution in [1.29, 1.82) is 0 Å². The Labute approximate surface area is 119 Å². The molecule has 2 heterocycles. The number of hydrogen-bond donors (Lipinski definition) is 1. The van der Waals surface area contributed by atoms with Gasteiger partial charge in [-0.3, -0.25) is 4.40 Å². The van der Waals surface area contributed by atoms with Crippen molar-refractivity contribution in [3.63, 3.8) is 0 Å². The molecule has 3 aromatic rings. The van der Waals surface area contributed by atoms with Gasteiger partial charge >= 0.3 is 0 Å². The molecule has 5 heteroatoms. The van der Waals surface area contributed by atoms with Crippen LogP contribution in [0, 0.1) is 0 Å². The Hall–Kier alpha value is -1.72. The van der Waals surface area contributed by atoms with Gasteiger partial charge in [-0.25, -0.2) is 0 Å². The lowest BCUT2D eigenvalue weighted by Gasteiger charge is -2.04. The predicted octanol–water partition coefficient (Wildman–Crippen LogP) is 2.54. The lowest BCUT2D eigenvalue weighted by Crippen LogP contribution is -2.01. The van der Waals surface area contributed by atoms with Crippen LogP contribution in [-0.4, -0.2) is 14.6 Å². The van der Waals surface area contributed by atoms with Gasteiger partial charge in [0.05, 0.1) is 0 Å². The van der Waals surface area contributed by atoms with Gasteiger partial charge in [-0.15, -0.1) is 10.2 Å². The molecule has 96 valence electrons. The summed E-state index contributed by atoms with van der Waals surface area (Å²) in [4.78, 5) is 0. The summed E-state index contributed by atoms with van der Waals surface area (Å²) in [6.07, 6.45) is 2.73. The van der Waals surface area contributed by atoms with Crippen LogP contribution in [0.3, 0.4) is 0 Å². The minimum Gasteiger partial charge on any atom is -0.326 e. The van der Waals surface area contributed by atoms with Gasteiger partial charge in [0.1, 0.15) is 5.82 Å². The van der Waals surface area contributed by atoms with Crippen LogP contribution in [0.2, 0.25) is 0 Å². The molecule has 0 amide bonds. The van der Waals surface area contributed by atoms with Gasteiger partial charge in [0.2, 0.25) is 0 Å². The van der Waals surface area contributed by atoms with E-state index < -0.39 is 0 Å². The molecule has 0 aliphatic heterocycles. The third kappa shape index (κ3) is 2.39. The Morgan fingerprint density at radius 1 is 1.11 bits per heavy atom. The molecule has 3 rings (SSSR count). The number of nitrogens with zero attached hydrogens (tertiary/aromatic N) is 3. The lowest BCUT2D eigenvalue weighted by molar-refractivity contribution is 0.920. The van der Waals surface area contributed by atoms with Gasteiger partial charge in [0, 0.05) is 23.6 Å². The van der Waals surface area contributed by atoms with E-state index in [-0.39, 0.29) is 0 Å². The molecule has 2 N–H and O–H groups in total. The first-order valence-electron chi connectivity index (χ1n) is 6.04. The highest BCUT2D eigenvalue weighted by molar-refractivity contribution is 9.10. The Morgan fingerprint density at radius 3 is 2.74 bits per heavy atom. The van der Waals surface area contributed by atoms with Crippen molar-refractivity contribution in [1.82, 2.24) is 14.6 Å². The minimum absolute atomic E-state index is 0.516. The van der Waals surface area contributed by atoms with Crippen LogP contribution < -0.4 is 5.73 Å². The maximum Gasteiger partial charge on any atom is 0.160 e. The standard InChI is InChI=1S/C14H13BrN4/c15-12-4-2-1-3-11(12)7-14-18-17-13-6-5-10(8-16)9-19(13)14/h1-6,9H,7-8,16H2. The molecule has 0 atom stereocenters. The number of fused-ring (bicyclic) bond motifs is 1. The number of benzene rings is 1. The molecule has 0 fully saturated rings. The van der Waals surface area contributed by atoms with E-state index in [1.807, 2.05) is 40.9 Å². The zero-order valence-corrected chi connectivity index (χ0v) is 11.8. The van der Waals surface area contributed by atoms with Crippen LogP contribution >= 0.6 is 15.9 Å². The van der Waals surface area contributed by atoms with Crippen molar-refractivity contribution in [2.75, 3.05) is 0 Å². The summed E-state index contributed by atoms with van der Waals surface area (Å²) in [5.74, 6) is 0.914. The van der Waals surface area contributed by atoms with Gasteiger partial charge < -0.3 is 5.73 Å². The number of aromatic nitrogens is 3. The van der Waals surface area contributed by atoms with Crippen molar-refractivity contribution < 1.29 is 0 Å². The van der Waals surface area contributed by atoms with Gasteiger partial charge in [0.25, 0.3) is 0 Å². The number of rotatable bonds is 3. The average Bonchev–Trinajstić information content (AvgIpc) is 2.84. The molecule has 0 aliphatic carbocycles. The summed E-state index contributed by atoms with van der Waals surface area (Å²) < 4.78 is 3.09. The van der Waals surface area contributed by atoms with Crippen molar-refractivity contribution in [3.8, 4) is 0 Å². The van der Waals surface area contributed by atoms with E-state index in [1.54, 1.807) is 0 Å². The minimum atomic E-state index is 0.516. The summed E-state index contributed by atoms with van der Waals surface area (Å²) in [5, 5.41) is 8.44. The van der Waals surface area contributed by atoms with Gasteiger partial charge in [-0.1, -0.05) is 40.2 Å². The Bertz CT molecular complexity index is 720. The molecule has 0 unspecified atom stereocenters. The van der Waals surface area contributed by atoms with E-state index in [0.29, 0.717) is 6.54 Å². The first-order chi connectivity index (χ1) is 9.28. The van der Waals surface area contributed by atoms with E-state index in [9.17, 15) is 0 Å². The number of nitrogens with two attached hydrogens (primary N) is 1. The largest absolute Gasteiger partial charge is 0.326 e. The van der Waals surface area contributed by atoms with Crippen LogP contribution in [0.1, 0.15) is 17.0 Å². The van der Waals surface area contributed by atoms with Crippen LogP contribution in [-0.2, 0) is 13.0 Å². The highest BCUT2D eigenvalue weighted by atomic mass is 79.9. The van der Waals surface area contributed by atoms with Crippen LogP contribution in [0.4, 0.5) is 0 Å².